The first-order valence-corrected chi connectivity index (χ1v) is 7.26. The molecule has 2 aliphatic rings. The van der Waals surface area contributed by atoms with Crippen LogP contribution in [0, 0.1) is 12.3 Å². The molecule has 1 aromatic rings. The standard InChI is InChI=1S/C15H21N3O2/c1-11-2-3-12(14(19)20)13(17-11)18-9-6-15(10-18)4-7-16-8-5-15/h2-3,16H,4-10H2,1H3,(H,19,20). The Morgan fingerprint density at radius 1 is 1.35 bits per heavy atom. The predicted octanol–water partition coefficient (Wildman–Crippen LogP) is 1.67. The number of anilines is 1. The number of aromatic nitrogens is 1. The Morgan fingerprint density at radius 2 is 2.10 bits per heavy atom. The van der Waals surface area contributed by atoms with Gasteiger partial charge in [0.1, 0.15) is 11.4 Å². The van der Waals surface area contributed by atoms with Gasteiger partial charge in [-0.05, 0) is 56.8 Å². The summed E-state index contributed by atoms with van der Waals surface area (Å²) in [6.07, 6.45) is 3.50. The van der Waals surface area contributed by atoms with Crippen molar-refractivity contribution in [1.29, 1.82) is 0 Å². The third-order valence-corrected chi connectivity index (χ3v) is 4.65. The first kappa shape index (κ1) is 13.4. The average Bonchev–Trinajstić information content (AvgIpc) is 2.83. The fraction of sp³-hybridized carbons (Fsp3) is 0.600. The Kier molecular flexibility index (Phi) is 3.38. The van der Waals surface area contributed by atoms with Gasteiger partial charge in [-0.1, -0.05) is 0 Å². The van der Waals surface area contributed by atoms with Gasteiger partial charge in [-0.2, -0.15) is 0 Å². The van der Waals surface area contributed by atoms with Crippen molar-refractivity contribution in [3.05, 3.63) is 23.4 Å². The van der Waals surface area contributed by atoms with Crippen molar-refractivity contribution in [1.82, 2.24) is 10.3 Å². The number of piperidine rings is 1. The summed E-state index contributed by atoms with van der Waals surface area (Å²) in [6, 6.07) is 3.44. The second-order valence-corrected chi connectivity index (χ2v) is 6.05. The minimum atomic E-state index is -0.890. The van der Waals surface area contributed by atoms with E-state index in [9.17, 15) is 9.90 Å². The number of aryl methyl sites for hydroxylation is 1. The molecule has 2 N–H and O–H groups in total. The molecule has 0 radical (unpaired) electrons. The van der Waals surface area contributed by atoms with E-state index < -0.39 is 5.97 Å². The summed E-state index contributed by atoms with van der Waals surface area (Å²) in [5.74, 6) is -0.244. The van der Waals surface area contributed by atoms with Crippen molar-refractivity contribution < 1.29 is 9.90 Å². The van der Waals surface area contributed by atoms with Crippen molar-refractivity contribution in [2.75, 3.05) is 31.1 Å². The Morgan fingerprint density at radius 3 is 2.80 bits per heavy atom. The number of carboxylic acid groups (broad SMARTS) is 1. The molecular weight excluding hydrogens is 254 g/mol. The van der Waals surface area contributed by atoms with E-state index in [1.165, 1.54) is 12.8 Å². The molecule has 1 spiro atoms. The van der Waals surface area contributed by atoms with Crippen molar-refractivity contribution in [2.45, 2.75) is 26.2 Å². The molecular formula is C15H21N3O2. The van der Waals surface area contributed by atoms with Crippen LogP contribution in [0.5, 0.6) is 0 Å². The maximum Gasteiger partial charge on any atom is 0.339 e. The number of hydrogen-bond donors (Lipinski definition) is 2. The molecule has 0 unspecified atom stereocenters. The average molecular weight is 275 g/mol. The second kappa shape index (κ2) is 5.05. The minimum Gasteiger partial charge on any atom is -0.478 e. The zero-order valence-corrected chi connectivity index (χ0v) is 11.9. The molecule has 0 aliphatic carbocycles. The molecule has 2 fully saturated rings. The van der Waals surface area contributed by atoms with Gasteiger partial charge in [0.2, 0.25) is 0 Å². The Hall–Kier alpha value is -1.62. The minimum absolute atomic E-state index is 0.321. The number of nitrogens with zero attached hydrogens (tertiary/aromatic N) is 2. The van der Waals surface area contributed by atoms with Gasteiger partial charge in [-0.25, -0.2) is 9.78 Å². The van der Waals surface area contributed by atoms with Gasteiger partial charge in [0.05, 0.1) is 0 Å². The summed E-state index contributed by atoms with van der Waals surface area (Å²) in [7, 11) is 0. The third kappa shape index (κ3) is 2.38. The zero-order valence-electron chi connectivity index (χ0n) is 11.9. The molecule has 20 heavy (non-hydrogen) atoms. The van der Waals surface area contributed by atoms with Crippen LogP contribution in [0.2, 0.25) is 0 Å². The number of carboxylic acids is 1. The second-order valence-electron chi connectivity index (χ2n) is 6.05. The Balaban J connectivity index is 1.87. The fourth-order valence-electron chi connectivity index (χ4n) is 3.43. The smallest absolute Gasteiger partial charge is 0.339 e. The van der Waals surface area contributed by atoms with Crippen molar-refractivity contribution in [2.24, 2.45) is 5.41 Å². The topological polar surface area (TPSA) is 65.5 Å². The third-order valence-electron chi connectivity index (χ3n) is 4.65. The highest BCUT2D eigenvalue weighted by atomic mass is 16.4. The molecule has 2 aliphatic heterocycles. The SMILES string of the molecule is Cc1ccc(C(=O)O)c(N2CCC3(CCNCC3)C2)n1. The van der Waals surface area contributed by atoms with E-state index in [-0.39, 0.29) is 0 Å². The van der Waals surface area contributed by atoms with Crippen molar-refractivity contribution in [3.8, 4) is 0 Å². The van der Waals surface area contributed by atoms with E-state index >= 15 is 0 Å². The van der Waals surface area contributed by atoms with Gasteiger partial charge >= 0.3 is 5.97 Å². The molecule has 0 atom stereocenters. The molecule has 0 amide bonds. The lowest BCUT2D eigenvalue weighted by Gasteiger charge is -2.34. The molecule has 0 saturated carbocycles. The molecule has 0 bridgehead atoms. The molecule has 3 heterocycles. The highest BCUT2D eigenvalue weighted by molar-refractivity contribution is 5.93. The predicted molar refractivity (Wildman–Crippen MR) is 77.3 cm³/mol. The van der Waals surface area contributed by atoms with Crippen molar-refractivity contribution in [3.63, 3.8) is 0 Å². The van der Waals surface area contributed by atoms with Gasteiger partial charge < -0.3 is 15.3 Å². The monoisotopic (exact) mass is 275 g/mol. The summed E-state index contributed by atoms with van der Waals surface area (Å²) >= 11 is 0. The number of carbonyl (C=O) groups is 1. The van der Waals surface area contributed by atoms with Crippen molar-refractivity contribution >= 4 is 11.8 Å². The summed E-state index contributed by atoms with van der Waals surface area (Å²) < 4.78 is 0. The summed E-state index contributed by atoms with van der Waals surface area (Å²) in [5.41, 5.74) is 1.55. The summed E-state index contributed by atoms with van der Waals surface area (Å²) in [5, 5.41) is 12.7. The number of aromatic carboxylic acids is 1. The first-order chi connectivity index (χ1) is 9.60. The van der Waals surface area contributed by atoms with Crippen LogP contribution in [0.4, 0.5) is 5.82 Å². The molecule has 108 valence electrons. The zero-order chi connectivity index (χ0) is 14.2. The first-order valence-electron chi connectivity index (χ1n) is 7.26. The lowest BCUT2D eigenvalue weighted by atomic mass is 9.78. The van der Waals surface area contributed by atoms with E-state index in [1.54, 1.807) is 12.1 Å². The quantitative estimate of drug-likeness (QED) is 0.859. The molecule has 5 heteroatoms. The number of rotatable bonds is 2. The van der Waals surface area contributed by atoms with Crippen LogP contribution in [-0.4, -0.2) is 42.2 Å². The Bertz CT molecular complexity index is 524. The van der Waals surface area contributed by atoms with E-state index in [2.05, 4.69) is 15.2 Å². The van der Waals surface area contributed by atoms with Crippen LogP contribution < -0.4 is 10.2 Å². The summed E-state index contributed by atoms with van der Waals surface area (Å²) in [6.45, 7) is 5.90. The molecule has 5 nitrogen and oxygen atoms in total. The fourth-order valence-corrected chi connectivity index (χ4v) is 3.43. The number of pyridine rings is 1. The number of hydrogen-bond acceptors (Lipinski definition) is 4. The van der Waals surface area contributed by atoms with E-state index in [0.29, 0.717) is 16.8 Å². The largest absolute Gasteiger partial charge is 0.478 e. The van der Waals surface area contributed by atoms with E-state index in [4.69, 9.17) is 0 Å². The van der Waals surface area contributed by atoms with Crippen LogP contribution in [0.3, 0.4) is 0 Å². The maximum atomic E-state index is 11.4. The maximum absolute atomic E-state index is 11.4. The lowest BCUT2D eigenvalue weighted by molar-refractivity contribution is 0.0697. The van der Waals surface area contributed by atoms with Crippen LogP contribution in [-0.2, 0) is 0 Å². The lowest BCUT2D eigenvalue weighted by Crippen LogP contribution is -2.39. The molecule has 3 rings (SSSR count). The van der Waals surface area contributed by atoms with Gasteiger partial charge in [-0.3, -0.25) is 0 Å². The highest BCUT2D eigenvalue weighted by Crippen LogP contribution is 2.40. The van der Waals surface area contributed by atoms with Crippen LogP contribution in [0.1, 0.15) is 35.3 Å². The number of nitrogens with one attached hydrogen (secondary N) is 1. The van der Waals surface area contributed by atoms with Crippen LogP contribution >= 0.6 is 0 Å². The van der Waals surface area contributed by atoms with Crippen LogP contribution in [0.15, 0.2) is 12.1 Å². The molecule has 2 saturated heterocycles. The normalized spacial score (nSPS) is 21.4. The molecule has 1 aromatic heterocycles. The molecule has 0 aromatic carbocycles. The van der Waals surface area contributed by atoms with Gasteiger partial charge in [0.25, 0.3) is 0 Å². The van der Waals surface area contributed by atoms with Gasteiger partial charge in [0, 0.05) is 18.8 Å². The van der Waals surface area contributed by atoms with E-state index in [1.807, 2.05) is 6.92 Å². The van der Waals surface area contributed by atoms with Crippen LogP contribution in [0.25, 0.3) is 0 Å². The van der Waals surface area contributed by atoms with Gasteiger partial charge in [-0.15, -0.1) is 0 Å². The van der Waals surface area contributed by atoms with Gasteiger partial charge in [0.15, 0.2) is 0 Å². The van der Waals surface area contributed by atoms with E-state index in [0.717, 1.165) is 38.3 Å². The summed E-state index contributed by atoms with van der Waals surface area (Å²) in [4.78, 5) is 18.0. The Labute approximate surface area is 119 Å². The highest BCUT2D eigenvalue weighted by Gasteiger charge is 2.40.